The summed E-state index contributed by atoms with van der Waals surface area (Å²) in [7, 11) is 0. The summed E-state index contributed by atoms with van der Waals surface area (Å²) in [4.78, 5) is 3.98. The van der Waals surface area contributed by atoms with E-state index in [4.69, 9.17) is 4.42 Å². The molecule has 1 aromatic carbocycles. The van der Waals surface area contributed by atoms with Gasteiger partial charge in [0.1, 0.15) is 12.0 Å². The van der Waals surface area contributed by atoms with Crippen molar-refractivity contribution < 1.29 is 4.42 Å². The molecule has 1 heterocycles. The van der Waals surface area contributed by atoms with E-state index < -0.39 is 0 Å². The molecule has 0 aliphatic heterocycles. The van der Waals surface area contributed by atoms with Crippen LogP contribution in [0.15, 0.2) is 47.4 Å². The van der Waals surface area contributed by atoms with Crippen molar-refractivity contribution in [3.05, 3.63) is 54.2 Å². The molecule has 0 N–H and O–H groups in total. The zero-order valence-corrected chi connectivity index (χ0v) is 7.05. The van der Waals surface area contributed by atoms with Crippen LogP contribution in [0.4, 0.5) is 0 Å². The Morgan fingerprint density at radius 2 is 1.92 bits per heavy atom. The van der Waals surface area contributed by atoms with Crippen LogP contribution in [0.1, 0.15) is 11.3 Å². The molecule has 1 aromatic heterocycles. The van der Waals surface area contributed by atoms with E-state index in [-0.39, 0.29) is 0 Å². The van der Waals surface area contributed by atoms with Crippen molar-refractivity contribution in [3.8, 4) is 0 Å². The van der Waals surface area contributed by atoms with Gasteiger partial charge in [0.25, 0.3) is 0 Å². The van der Waals surface area contributed by atoms with Gasteiger partial charge in [0.05, 0.1) is 0 Å². The Labute approximate surface area is 76.5 Å². The number of hydrogen-bond acceptors (Lipinski definition) is 2. The molecule has 0 radical (unpaired) electrons. The molecule has 0 amide bonds. The Hall–Kier alpha value is -1.83. The van der Waals surface area contributed by atoms with Gasteiger partial charge in [-0.15, -0.1) is 0 Å². The zero-order valence-electron chi connectivity index (χ0n) is 7.05. The maximum atomic E-state index is 4.84. The van der Waals surface area contributed by atoms with Crippen LogP contribution in [-0.2, 0) is 0 Å². The highest BCUT2D eigenvalue weighted by atomic mass is 16.3. The van der Waals surface area contributed by atoms with Gasteiger partial charge in [0.2, 0.25) is 0 Å². The summed E-state index contributed by atoms with van der Waals surface area (Å²) >= 11 is 0. The first-order valence-corrected chi connectivity index (χ1v) is 4.06. The molecule has 0 fully saturated rings. The second-order valence-corrected chi connectivity index (χ2v) is 2.66. The van der Waals surface area contributed by atoms with E-state index in [1.54, 1.807) is 6.26 Å². The SMILES string of the molecule is C(=C\c1cocn1)/c1ccccc1. The van der Waals surface area contributed by atoms with Crippen molar-refractivity contribution in [1.29, 1.82) is 0 Å². The molecule has 64 valence electrons. The van der Waals surface area contributed by atoms with Gasteiger partial charge in [-0.05, 0) is 11.6 Å². The van der Waals surface area contributed by atoms with Gasteiger partial charge in [-0.2, -0.15) is 0 Å². The average molecular weight is 171 g/mol. The lowest BCUT2D eigenvalue weighted by Gasteiger charge is -1.88. The summed E-state index contributed by atoms with van der Waals surface area (Å²) in [6.07, 6.45) is 6.95. The largest absolute Gasteiger partial charge is 0.451 e. The predicted molar refractivity (Wildman–Crippen MR) is 51.9 cm³/mol. The lowest BCUT2D eigenvalue weighted by Crippen LogP contribution is -1.70. The smallest absolute Gasteiger partial charge is 0.181 e. The molecule has 0 atom stereocenters. The Kier molecular flexibility index (Phi) is 2.23. The van der Waals surface area contributed by atoms with Gasteiger partial charge < -0.3 is 4.42 Å². The average Bonchev–Trinajstić information content (AvgIpc) is 2.69. The first-order valence-electron chi connectivity index (χ1n) is 4.06. The lowest BCUT2D eigenvalue weighted by atomic mass is 10.2. The molecule has 2 aromatic rings. The van der Waals surface area contributed by atoms with Crippen molar-refractivity contribution >= 4 is 12.2 Å². The van der Waals surface area contributed by atoms with E-state index in [1.165, 1.54) is 6.39 Å². The van der Waals surface area contributed by atoms with Crippen molar-refractivity contribution in [2.75, 3.05) is 0 Å². The monoisotopic (exact) mass is 171 g/mol. The Balaban J connectivity index is 2.15. The summed E-state index contributed by atoms with van der Waals surface area (Å²) in [5.74, 6) is 0. The molecule has 2 heteroatoms. The standard InChI is InChI=1S/C11H9NO/c1-2-4-10(5-3-1)6-7-11-8-13-9-12-11/h1-9H/b7-6+. The Morgan fingerprint density at radius 1 is 1.08 bits per heavy atom. The maximum absolute atomic E-state index is 4.84. The van der Waals surface area contributed by atoms with E-state index in [0.29, 0.717) is 0 Å². The van der Waals surface area contributed by atoms with Crippen LogP contribution < -0.4 is 0 Å². The van der Waals surface area contributed by atoms with Crippen LogP contribution in [-0.4, -0.2) is 4.98 Å². The molecule has 0 aliphatic carbocycles. The van der Waals surface area contributed by atoms with Gasteiger partial charge >= 0.3 is 0 Å². The number of nitrogens with zero attached hydrogens (tertiary/aromatic N) is 1. The van der Waals surface area contributed by atoms with E-state index >= 15 is 0 Å². The Bertz CT molecular complexity index is 376. The summed E-state index contributed by atoms with van der Waals surface area (Å²) in [5.41, 5.74) is 1.99. The molecule has 0 unspecified atom stereocenters. The number of hydrogen-bond donors (Lipinski definition) is 0. The summed E-state index contributed by atoms with van der Waals surface area (Å²) < 4.78 is 4.84. The molecule has 0 aliphatic rings. The van der Waals surface area contributed by atoms with Crippen LogP contribution in [0.5, 0.6) is 0 Å². The van der Waals surface area contributed by atoms with Crippen molar-refractivity contribution in [2.24, 2.45) is 0 Å². The lowest BCUT2D eigenvalue weighted by molar-refractivity contribution is 0.557. The molecular formula is C11H9NO. The second kappa shape index (κ2) is 3.72. The summed E-state index contributed by atoms with van der Waals surface area (Å²) in [5, 5.41) is 0. The quantitative estimate of drug-likeness (QED) is 0.694. The van der Waals surface area contributed by atoms with Gasteiger partial charge in [-0.3, -0.25) is 0 Å². The fraction of sp³-hybridized carbons (Fsp3) is 0. The first kappa shape index (κ1) is 7.80. The van der Waals surface area contributed by atoms with E-state index in [1.807, 2.05) is 42.5 Å². The third kappa shape index (κ3) is 2.06. The number of oxazole rings is 1. The fourth-order valence-electron chi connectivity index (χ4n) is 1.05. The third-order valence-electron chi connectivity index (χ3n) is 1.70. The summed E-state index contributed by atoms with van der Waals surface area (Å²) in [6, 6.07) is 10.1. The highest BCUT2D eigenvalue weighted by Gasteiger charge is 1.88. The molecular weight excluding hydrogens is 162 g/mol. The highest BCUT2D eigenvalue weighted by Crippen LogP contribution is 2.05. The summed E-state index contributed by atoms with van der Waals surface area (Å²) in [6.45, 7) is 0. The van der Waals surface area contributed by atoms with Gasteiger partial charge in [-0.25, -0.2) is 4.98 Å². The highest BCUT2D eigenvalue weighted by molar-refractivity contribution is 5.67. The number of aromatic nitrogens is 1. The number of rotatable bonds is 2. The molecule has 2 nitrogen and oxygen atoms in total. The minimum absolute atomic E-state index is 0.837. The van der Waals surface area contributed by atoms with Crippen LogP contribution in [0, 0.1) is 0 Å². The predicted octanol–water partition coefficient (Wildman–Crippen LogP) is 2.85. The molecule has 2 rings (SSSR count). The molecule has 0 saturated heterocycles. The molecule has 0 saturated carbocycles. The Morgan fingerprint density at radius 3 is 2.62 bits per heavy atom. The van der Waals surface area contributed by atoms with Crippen LogP contribution >= 0.6 is 0 Å². The minimum atomic E-state index is 0.837. The van der Waals surface area contributed by atoms with Gasteiger partial charge in [-0.1, -0.05) is 36.4 Å². The van der Waals surface area contributed by atoms with Crippen LogP contribution in [0.2, 0.25) is 0 Å². The molecule has 0 bridgehead atoms. The van der Waals surface area contributed by atoms with E-state index in [0.717, 1.165) is 11.3 Å². The van der Waals surface area contributed by atoms with Gasteiger partial charge in [0, 0.05) is 0 Å². The molecule has 0 spiro atoms. The van der Waals surface area contributed by atoms with Crippen molar-refractivity contribution in [1.82, 2.24) is 4.98 Å². The van der Waals surface area contributed by atoms with Crippen LogP contribution in [0.3, 0.4) is 0 Å². The first-order chi connectivity index (χ1) is 6.45. The normalized spacial score (nSPS) is 10.8. The maximum Gasteiger partial charge on any atom is 0.181 e. The fourth-order valence-corrected chi connectivity index (χ4v) is 1.05. The van der Waals surface area contributed by atoms with Crippen molar-refractivity contribution in [2.45, 2.75) is 0 Å². The molecule has 13 heavy (non-hydrogen) atoms. The third-order valence-corrected chi connectivity index (χ3v) is 1.70. The van der Waals surface area contributed by atoms with E-state index in [9.17, 15) is 0 Å². The zero-order chi connectivity index (χ0) is 8.93. The van der Waals surface area contributed by atoms with E-state index in [2.05, 4.69) is 4.98 Å². The van der Waals surface area contributed by atoms with Crippen molar-refractivity contribution in [3.63, 3.8) is 0 Å². The topological polar surface area (TPSA) is 26.0 Å². The van der Waals surface area contributed by atoms with Gasteiger partial charge in [0.15, 0.2) is 6.39 Å². The van der Waals surface area contributed by atoms with Crippen LogP contribution in [0.25, 0.3) is 12.2 Å². The second-order valence-electron chi connectivity index (χ2n) is 2.66. The number of benzene rings is 1. The minimum Gasteiger partial charge on any atom is -0.451 e.